The van der Waals surface area contributed by atoms with Crippen molar-refractivity contribution in [3.63, 3.8) is 0 Å². The van der Waals surface area contributed by atoms with Gasteiger partial charge in [-0.05, 0) is 26.0 Å². The molecule has 1 fully saturated rings. The first-order chi connectivity index (χ1) is 12.8. The average Bonchev–Trinajstić information content (AvgIpc) is 2.99. The third kappa shape index (κ3) is 4.11. The van der Waals surface area contributed by atoms with Crippen molar-refractivity contribution >= 4 is 21.6 Å². The van der Waals surface area contributed by atoms with Crippen LogP contribution in [0.25, 0.3) is 0 Å². The first-order valence-electron chi connectivity index (χ1n) is 8.58. The molecule has 1 aromatic carbocycles. The van der Waals surface area contributed by atoms with E-state index in [9.17, 15) is 17.6 Å². The minimum absolute atomic E-state index is 0.0691. The Balaban J connectivity index is 1.57. The Kier molecular flexibility index (Phi) is 5.47. The highest BCUT2D eigenvalue weighted by Gasteiger charge is 2.26. The molecule has 1 aromatic heterocycles. The molecule has 0 saturated carbocycles. The zero-order valence-electron chi connectivity index (χ0n) is 15.2. The lowest BCUT2D eigenvalue weighted by Crippen LogP contribution is -2.51. The van der Waals surface area contributed by atoms with Gasteiger partial charge in [-0.2, -0.15) is 5.10 Å². The molecule has 0 bridgehead atoms. The van der Waals surface area contributed by atoms with Crippen molar-refractivity contribution in [1.82, 2.24) is 19.8 Å². The molecule has 27 heavy (non-hydrogen) atoms. The number of amides is 1. The molecule has 3 rings (SSSR count). The lowest BCUT2D eigenvalue weighted by atomic mass is 10.2. The quantitative estimate of drug-likeness (QED) is 0.780. The van der Waals surface area contributed by atoms with Crippen LogP contribution in [0, 0.1) is 19.7 Å². The van der Waals surface area contributed by atoms with Crippen molar-refractivity contribution in [2.75, 3.05) is 37.6 Å². The van der Waals surface area contributed by atoms with Crippen molar-refractivity contribution in [3.05, 3.63) is 41.5 Å². The van der Waals surface area contributed by atoms with Crippen LogP contribution >= 0.6 is 0 Å². The van der Waals surface area contributed by atoms with E-state index in [0.717, 1.165) is 0 Å². The number of anilines is 1. The number of rotatable bonds is 5. The molecule has 1 amide bonds. The van der Waals surface area contributed by atoms with Crippen molar-refractivity contribution in [2.45, 2.75) is 18.7 Å². The molecule has 146 valence electrons. The van der Waals surface area contributed by atoms with E-state index >= 15 is 0 Å². The van der Waals surface area contributed by atoms with Crippen molar-refractivity contribution in [1.29, 1.82) is 0 Å². The van der Waals surface area contributed by atoms with E-state index < -0.39 is 10.0 Å². The fourth-order valence-electron chi connectivity index (χ4n) is 3.18. The van der Waals surface area contributed by atoms with Crippen LogP contribution in [0.3, 0.4) is 0 Å². The van der Waals surface area contributed by atoms with E-state index in [-0.39, 0.29) is 23.2 Å². The zero-order chi connectivity index (χ0) is 19.6. The van der Waals surface area contributed by atoms with Gasteiger partial charge in [0.1, 0.15) is 10.7 Å². The predicted molar refractivity (Wildman–Crippen MR) is 98.4 cm³/mol. The lowest BCUT2D eigenvalue weighted by molar-refractivity contribution is -0.130. The van der Waals surface area contributed by atoms with Crippen molar-refractivity contribution in [2.24, 2.45) is 0 Å². The van der Waals surface area contributed by atoms with Gasteiger partial charge >= 0.3 is 0 Å². The molecule has 10 heteroatoms. The number of halogens is 1. The number of aryl methyl sites for hydroxylation is 2. The van der Waals surface area contributed by atoms with Gasteiger partial charge in [-0.3, -0.25) is 9.89 Å². The summed E-state index contributed by atoms with van der Waals surface area (Å²) in [5, 5.41) is 6.49. The number of hydrogen-bond acceptors (Lipinski definition) is 5. The maximum absolute atomic E-state index is 13.9. The summed E-state index contributed by atoms with van der Waals surface area (Å²) in [5.74, 6) is -0.610. The molecule has 1 saturated heterocycles. The van der Waals surface area contributed by atoms with Crippen LogP contribution in [0.1, 0.15) is 11.4 Å². The van der Waals surface area contributed by atoms with Gasteiger partial charge in [-0.1, -0.05) is 12.1 Å². The lowest BCUT2D eigenvalue weighted by Gasteiger charge is -2.36. The highest BCUT2D eigenvalue weighted by Crippen LogP contribution is 2.20. The van der Waals surface area contributed by atoms with Gasteiger partial charge in [0.25, 0.3) is 0 Å². The molecule has 1 aliphatic heterocycles. The Morgan fingerprint density at radius 1 is 1.22 bits per heavy atom. The summed E-state index contributed by atoms with van der Waals surface area (Å²) in [7, 11) is -3.82. The van der Waals surface area contributed by atoms with Gasteiger partial charge in [0.15, 0.2) is 0 Å². The number of piperazine rings is 1. The SMILES string of the molecule is Cc1n[nH]c(C)c1S(=O)(=O)NCC(=O)N1CCN(c2ccccc2F)CC1. The number of H-pyrrole nitrogens is 1. The van der Waals surface area contributed by atoms with Crippen LogP contribution in [0.5, 0.6) is 0 Å². The summed E-state index contributed by atoms with van der Waals surface area (Å²) in [6.45, 7) is 4.64. The second kappa shape index (κ2) is 7.65. The number of carbonyl (C=O) groups excluding carboxylic acids is 1. The molecule has 0 radical (unpaired) electrons. The van der Waals surface area contributed by atoms with Crippen molar-refractivity contribution in [3.8, 4) is 0 Å². The van der Waals surface area contributed by atoms with Crippen LogP contribution in [0.15, 0.2) is 29.2 Å². The van der Waals surface area contributed by atoms with Crippen molar-refractivity contribution < 1.29 is 17.6 Å². The van der Waals surface area contributed by atoms with Crippen LogP contribution in [0.4, 0.5) is 10.1 Å². The molecule has 0 atom stereocenters. The first kappa shape index (κ1) is 19.3. The number of nitrogens with zero attached hydrogens (tertiary/aromatic N) is 3. The molecule has 8 nitrogen and oxygen atoms in total. The minimum Gasteiger partial charge on any atom is -0.366 e. The van der Waals surface area contributed by atoms with E-state index in [4.69, 9.17) is 0 Å². The second-order valence-corrected chi connectivity index (χ2v) is 8.11. The molecular weight excluding hydrogens is 373 g/mol. The first-order valence-corrected chi connectivity index (χ1v) is 10.1. The Hall–Kier alpha value is -2.46. The molecular formula is C17H22FN5O3S. The number of aromatic nitrogens is 2. The van der Waals surface area contributed by atoms with Crippen LogP contribution in [-0.4, -0.2) is 62.1 Å². The Morgan fingerprint density at radius 2 is 1.89 bits per heavy atom. The zero-order valence-corrected chi connectivity index (χ0v) is 16.0. The fraction of sp³-hybridized carbons (Fsp3) is 0.412. The molecule has 2 N–H and O–H groups in total. The second-order valence-electron chi connectivity index (χ2n) is 6.41. The monoisotopic (exact) mass is 395 g/mol. The highest BCUT2D eigenvalue weighted by molar-refractivity contribution is 7.89. The normalized spacial score (nSPS) is 15.2. The minimum atomic E-state index is -3.82. The fourth-order valence-corrected chi connectivity index (χ4v) is 4.52. The van der Waals surface area contributed by atoms with Gasteiger partial charge in [-0.25, -0.2) is 17.5 Å². The molecule has 2 aromatic rings. The van der Waals surface area contributed by atoms with Gasteiger partial charge < -0.3 is 9.80 Å². The van der Waals surface area contributed by atoms with Gasteiger partial charge in [0.05, 0.1) is 23.6 Å². The number of carbonyl (C=O) groups is 1. The molecule has 1 aliphatic rings. The molecule has 0 aliphatic carbocycles. The largest absolute Gasteiger partial charge is 0.366 e. The number of sulfonamides is 1. The smallest absolute Gasteiger partial charge is 0.244 e. The molecule has 2 heterocycles. The number of nitrogens with one attached hydrogen (secondary N) is 2. The van der Waals surface area contributed by atoms with Crippen LogP contribution in [0.2, 0.25) is 0 Å². The maximum atomic E-state index is 13.9. The number of benzene rings is 1. The number of para-hydroxylation sites is 1. The Bertz CT molecular complexity index is 916. The van der Waals surface area contributed by atoms with Gasteiger partial charge in [0, 0.05) is 26.2 Å². The summed E-state index contributed by atoms with van der Waals surface area (Å²) in [6.07, 6.45) is 0. The van der Waals surface area contributed by atoms with E-state index in [1.165, 1.54) is 6.07 Å². The van der Waals surface area contributed by atoms with Gasteiger partial charge in [0.2, 0.25) is 15.9 Å². The number of aromatic amines is 1. The Labute approximate surface area is 157 Å². The maximum Gasteiger partial charge on any atom is 0.244 e. The third-order valence-electron chi connectivity index (χ3n) is 4.57. The predicted octanol–water partition coefficient (Wildman–Crippen LogP) is 0.793. The molecule has 0 spiro atoms. The van der Waals surface area contributed by atoms with E-state index in [1.807, 2.05) is 4.90 Å². The summed E-state index contributed by atoms with van der Waals surface area (Å²) in [4.78, 5) is 15.9. The third-order valence-corrected chi connectivity index (χ3v) is 6.23. The van der Waals surface area contributed by atoms with Gasteiger partial charge in [-0.15, -0.1) is 0 Å². The molecule has 0 unspecified atom stereocenters. The summed E-state index contributed by atoms with van der Waals surface area (Å²) < 4.78 is 41.0. The average molecular weight is 395 g/mol. The van der Waals surface area contributed by atoms with Crippen LogP contribution < -0.4 is 9.62 Å². The highest BCUT2D eigenvalue weighted by atomic mass is 32.2. The van der Waals surface area contributed by atoms with E-state index in [0.29, 0.717) is 43.3 Å². The number of hydrogen-bond donors (Lipinski definition) is 2. The summed E-state index contributed by atoms with van der Waals surface area (Å²) in [6, 6.07) is 6.51. The van der Waals surface area contributed by atoms with Crippen LogP contribution in [-0.2, 0) is 14.8 Å². The Morgan fingerprint density at radius 3 is 2.48 bits per heavy atom. The topological polar surface area (TPSA) is 98.4 Å². The standard InChI is InChI=1S/C17H22FN5O3S/c1-12-17(13(2)21-20-12)27(25,26)19-11-16(24)23-9-7-22(8-10-23)15-6-4-3-5-14(15)18/h3-6,19H,7-11H2,1-2H3,(H,20,21). The van der Waals surface area contributed by atoms with E-state index in [1.54, 1.807) is 36.9 Å². The summed E-state index contributed by atoms with van der Waals surface area (Å²) >= 11 is 0. The van der Waals surface area contributed by atoms with E-state index in [2.05, 4.69) is 14.9 Å². The summed E-state index contributed by atoms with van der Waals surface area (Å²) in [5.41, 5.74) is 1.29.